The minimum atomic E-state index is -0.278. The number of nitrogens with zero attached hydrogens (tertiary/aromatic N) is 1. The lowest BCUT2D eigenvalue weighted by Crippen LogP contribution is -2.48. The first-order chi connectivity index (χ1) is 10.6. The van der Waals surface area contributed by atoms with Crippen LogP contribution in [0.15, 0.2) is 47.4 Å². The molecular weight excluding hydrogens is 302 g/mol. The number of rotatable bonds is 2. The largest absolute Gasteiger partial charge is 0.329 e. The molecule has 1 aliphatic rings. The highest BCUT2D eigenvalue weighted by molar-refractivity contribution is 6.30. The van der Waals surface area contributed by atoms with Gasteiger partial charge in [-0.2, -0.15) is 0 Å². The van der Waals surface area contributed by atoms with Gasteiger partial charge in [0.15, 0.2) is 0 Å². The van der Waals surface area contributed by atoms with Gasteiger partial charge in [0.05, 0.1) is 6.04 Å². The Morgan fingerprint density at radius 2 is 2.14 bits per heavy atom. The molecule has 0 bridgehead atoms. The lowest BCUT2D eigenvalue weighted by molar-refractivity contribution is 0.0634. The zero-order valence-corrected chi connectivity index (χ0v) is 12.6. The lowest BCUT2D eigenvalue weighted by atomic mass is 10.0. The van der Waals surface area contributed by atoms with E-state index in [0.717, 1.165) is 12.1 Å². The second-order valence-corrected chi connectivity index (χ2v) is 5.65. The van der Waals surface area contributed by atoms with Crippen LogP contribution < -0.4 is 10.9 Å². The van der Waals surface area contributed by atoms with E-state index in [0.29, 0.717) is 23.7 Å². The average molecular weight is 318 g/mol. The van der Waals surface area contributed by atoms with E-state index in [1.165, 1.54) is 12.3 Å². The number of benzene rings is 1. The normalized spacial score (nSPS) is 18.2. The van der Waals surface area contributed by atoms with Gasteiger partial charge in [0, 0.05) is 42.5 Å². The zero-order valence-electron chi connectivity index (χ0n) is 11.9. The number of carbonyl (C=O) groups excluding carboxylic acids is 1. The van der Waals surface area contributed by atoms with Crippen LogP contribution in [-0.2, 0) is 0 Å². The smallest absolute Gasteiger partial charge is 0.254 e. The molecule has 2 heterocycles. The molecule has 22 heavy (non-hydrogen) atoms. The van der Waals surface area contributed by atoms with Crippen LogP contribution in [0.2, 0.25) is 5.02 Å². The number of aromatic amines is 1. The van der Waals surface area contributed by atoms with Crippen LogP contribution in [-0.4, -0.2) is 35.4 Å². The van der Waals surface area contributed by atoms with Gasteiger partial charge in [-0.1, -0.05) is 23.7 Å². The Balaban J connectivity index is 1.92. The van der Waals surface area contributed by atoms with Crippen molar-refractivity contribution in [2.45, 2.75) is 6.04 Å². The van der Waals surface area contributed by atoms with Crippen molar-refractivity contribution in [3.8, 4) is 0 Å². The predicted molar refractivity (Wildman–Crippen MR) is 85.2 cm³/mol. The number of piperazine rings is 1. The number of carbonyl (C=O) groups is 1. The minimum absolute atomic E-state index is 0.0979. The van der Waals surface area contributed by atoms with Gasteiger partial charge >= 0.3 is 0 Å². The molecular formula is C16H16ClN3O2. The van der Waals surface area contributed by atoms with Crippen molar-refractivity contribution in [1.29, 1.82) is 0 Å². The summed E-state index contributed by atoms with van der Waals surface area (Å²) in [4.78, 5) is 28.5. The summed E-state index contributed by atoms with van der Waals surface area (Å²) in [5.74, 6) is -0.141. The van der Waals surface area contributed by atoms with Gasteiger partial charge in [-0.3, -0.25) is 9.59 Å². The lowest BCUT2D eigenvalue weighted by Gasteiger charge is -2.36. The molecule has 6 heteroatoms. The van der Waals surface area contributed by atoms with Crippen LogP contribution >= 0.6 is 11.6 Å². The van der Waals surface area contributed by atoms with E-state index in [9.17, 15) is 9.59 Å². The number of hydrogen-bond acceptors (Lipinski definition) is 3. The summed E-state index contributed by atoms with van der Waals surface area (Å²) >= 11 is 6.06. The van der Waals surface area contributed by atoms with Crippen molar-refractivity contribution in [3.05, 3.63) is 69.1 Å². The van der Waals surface area contributed by atoms with E-state index < -0.39 is 0 Å². The predicted octanol–water partition coefficient (Wildman–Crippen LogP) is 1.81. The number of nitrogens with one attached hydrogen (secondary N) is 2. The standard InChI is InChI=1S/C16H16ClN3O2/c17-13-3-1-2-11(8-13)14-10-18-6-7-20(14)16(22)12-4-5-19-15(21)9-12/h1-5,8-9,14,18H,6-7,10H2,(H,19,21). The molecule has 0 aliphatic carbocycles. The van der Waals surface area contributed by atoms with Gasteiger partial charge < -0.3 is 15.2 Å². The van der Waals surface area contributed by atoms with E-state index in [1.54, 1.807) is 11.0 Å². The fourth-order valence-corrected chi connectivity index (χ4v) is 2.90. The number of H-pyrrole nitrogens is 1. The maximum Gasteiger partial charge on any atom is 0.254 e. The third-order valence-electron chi connectivity index (χ3n) is 3.76. The summed E-state index contributed by atoms with van der Waals surface area (Å²) in [6.07, 6.45) is 1.49. The summed E-state index contributed by atoms with van der Waals surface area (Å²) in [6, 6.07) is 10.4. The van der Waals surface area contributed by atoms with Gasteiger partial charge in [0.2, 0.25) is 5.56 Å². The molecule has 1 aliphatic heterocycles. The molecule has 0 spiro atoms. The van der Waals surface area contributed by atoms with Crippen molar-refractivity contribution in [2.75, 3.05) is 19.6 Å². The molecule has 2 aromatic rings. The maximum atomic E-state index is 12.7. The molecule has 5 nitrogen and oxygen atoms in total. The van der Waals surface area contributed by atoms with Crippen molar-refractivity contribution in [2.24, 2.45) is 0 Å². The minimum Gasteiger partial charge on any atom is -0.329 e. The van der Waals surface area contributed by atoms with E-state index >= 15 is 0 Å². The molecule has 1 aromatic heterocycles. The SMILES string of the molecule is O=C(c1cc[nH]c(=O)c1)N1CCNCC1c1cccc(Cl)c1. The summed E-state index contributed by atoms with van der Waals surface area (Å²) < 4.78 is 0. The van der Waals surface area contributed by atoms with Gasteiger partial charge in [-0.15, -0.1) is 0 Å². The fourth-order valence-electron chi connectivity index (χ4n) is 2.70. The van der Waals surface area contributed by atoms with Crippen LogP contribution in [0.4, 0.5) is 0 Å². The number of amides is 1. The van der Waals surface area contributed by atoms with Crippen LogP contribution in [0.5, 0.6) is 0 Å². The summed E-state index contributed by atoms with van der Waals surface area (Å²) in [5, 5.41) is 3.94. The topological polar surface area (TPSA) is 65.2 Å². The van der Waals surface area contributed by atoms with Gasteiger partial charge in [-0.25, -0.2) is 0 Å². The van der Waals surface area contributed by atoms with E-state index in [2.05, 4.69) is 10.3 Å². The summed E-state index contributed by atoms with van der Waals surface area (Å²) in [6.45, 7) is 1.98. The highest BCUT2D eigenvalue weighted by Gasteiger charge is 2.28. The summed E-state index contributed by atoms with van der Waals surface area (Å²) in [5.41, 5.74) is 1.11. The molecule has 1 amide bonds. The second-order valence-electron chi connectivity index (χ2n) is 5.22. The Labute approximate surface area is 132 Å². The Hall–Kier alpha value is -2.11. The molecule has 1 fully saturated rings. The van der Waals surface area contributed by atoms with Crippen molar-refractivity contribution in [3.63, 3.8) is 0 Å². The third kappa shape index (κ3) is 3.05. The second kappa shape index (κ2) is 6.34. The van der Waals surface area contributed by atoms with Crippen LogP contribution in [0.25, 0.3) is 0 Å². The number of pyridine rings is 1. The van der Waals surface area contributed by atoms with E-state index in [4.69, 9.17) is 11.6 Å². The molecule has 114 valence electrons. The van der Waals surface area contributed by atoms with Crippen LogP contribution in [0.1, 0.15) is 22.0 Å². The fraction of sp³-hybridized carbons (Fsp3) is 0.250. The Morgan fingerprint density at radius 1 is 1.27 bits per heavy atom. The first-order valence-electron chi connectivity index (χ1n) is 7.11. The van der Waals surface area contributed by atoms with Gasteiger partial charge in [0.25, 0.3) is 5.91 Å². The highest BCUT2D eigenvalue weighted by atomic mass is 35.5. The maximum absolute atomic E-state index is 12.7. The van der Waals surface area contributed by atoms with Crippen molar-refractivity contribution < 1.29 is 4.79 Å². The highest BCUT2D eigenvalue weighted by Crippen LogP contribution is 2.25. The molecule has 1 saturated heterocycles. The molecule has 0 radical (unpaired) electrons. The number of hydrogen-bond donors (Lipinski definition) is 2. The molecule has 3 rings (SSSR count). The molecule has 1 atom stereocenters. The summed E-state index contributed by atoms with van der Waals surface area (Å²) in [7, 11) is 0. The van der Waals surface area contributed by atoms with E-state index in [1.807, 2.05) is 24.3 Å². The Bertz CT molecular complexity index is 744. The molecule has 2 N–H and O–H groups in total. The average Bonchev–Trinajstić information content (AvgIpc) is 2.54. The van der Waals surface area contributed by atoms with Crippen LogP contribution in [0, 0.1) is 0 Å². The third-order valence-corrected chi connectivity index (χ3v) is 3.99. The van der Waals surface area contributed by atoms with Crippen LogP contribution in [0.3, 0.4) is 0 Å². The van der Waals surface area contributed by atoms with Crippen molar-refractivity contribution in [1.82, 2.24) is 15.2 Å². The number of aromatic nitrogens is 1. The molecule has 1 aromatic carbocycles. The Morgan fingerprint density at radius 3 is 2.91 bits per heavy atom. The first kappa shape index (κ1) is 14.8. The first-order valence-corrected chi connectivity index (χ1v) is 7.49. The zero-order chi connectivity index (χ0) is 15.5. The van der Waals surface area contributed by atoms with Crippen molar-refractivity contribution >= 4 is 17.5 Å². The monoisotopic (exact) mass is 317 g/mol. The molecule has 1 unspecified atom stereocenters. The van der Waals surface area contributed by atoms with Gasteiger partial charge in [-0.05, 0) is 23.8 Å². The quantitative estimate of drug-likeness (QED) is 0.888. The van der Waals surface area contributed by atoms with Gasteiger partial charge in [0.1, 0.15) is 0 Å². The molecule has 0 saturated carbocycles. The Kier molecular flexibility index (Phi) is 4.27. The number of halogens is 1. The van der Waals surface area contributed by atoms with E-state index in [-0.39, 0.29) is 17.5 Å².